The van der Waals surface area contributed by atoms with Crippen LogP contribution in [-0.2, 0) is 32.2 Å². The molecule has 0 bridgehead atoms. The average Bonchev–Trinajstić information content (AvgIpc) is 3.80. The Labute approximate surface area is 238 Å². The zero-order valence-corrected chi connectivity index (χ0v) is 22.9. The van der Waals surface area contributed by atoms with Crippen molar-refractivity contribution in [3.8, 4) is 0 Å². The summed E-state index contributed by atoms with van der Waals surface area (Å²) in [7, 11) is 0. The summed E-state index contributed by atoms with van der Waals surface area (Å²) in [6, 6.07) is 18.0. The van der Waals surface area contributed by atoms with Crippen molar-refractivity contribution in [2.24, 2.45) is 0 Å². The number of hydrogen-bond donors (Lipinski definition) is 1. The van der Waals surface area contributed by atoms with E-state index >= 15 is 0 Å². The molecule has 4 aromatic rings. The van der Waals surface area contributed by atoms with Gasteiger partial charge in [0.2, 0.25) is 11.8 Å². The van der Waals surface area contributed by atoms with Gasteiger partial charge in [-0.2, -0.15) is 0 Å². The number of nitrogens with one attached hydrogen (secondary N) is 1. The summed E-state index contributed by atoms with van der Waals surface area (Å²) in [5.74, 6) is 0.0122. The Morgan fingerprint density at radius 2 is 1.85 bits per heavy atom. The molecule has 214 valence electrons. The summed E-state index contributed by atoms with van der Waals surface area (Å²) in [6.07, 6.45) is 3.40. The van der Waals surface area contributed by atoms with Gasteiger partial charge in [0.05, 0.1) is 37.6 Å². The van der Waals surface area contributed by atoms with Gasteiger partial charge in [-0.15, -0.1) is 5.10 Å². The average molecular weight is 559 g/mol. The van der Waals surface area contributed by atoms with E-state index in [0.717, 1.165) is 37.1 Å². The molecule has 2 atom stereocenters. The van der Waals surface area contributed by atoms with Crippen LogP contribution in [0.25, 0.3) is 11.0 Å². The molecule has 0 radical (unpaired) electrons. The van der Waals surface area contributed by atoms with Gasteiger partial charge in [0, 0.05) is 31.9 Å². The van der Waals surface area contributed by atoms with Gasteiger partial charge in [-0.3, -0.25) is 9.59 Å². The van der Waals surface area contributed by atoms with Crippen molar-refractivity contribution < 1.29 is 23.5 Å². The minimum absolute atomic E-state index is 0.0287. The predicted molar refractivity (Wildman–Crippen MR) is 151 cm³/mol. The number of carbonyl (C=O) groups is 2. The molecule has 4 heterocycles. The number of morpholine rings is 1. The Hall–Kier alpha value is -4.22. The van der Waals surface area contributed by atoms with Crippen molar-refractivity contribution in [2.75, 3.05) is 44.4 Å². The molecule has 0 spiro atoms. The highest BCUT2D eigenvalue weighted by Crippen LogP contribution is 2.28. The van der Waals surface area contributed by atoms with Crippen molar-refractivity contribution in [3.05, 3.63) is 78.3 Å². The first kappa shape index (κ1) is 27.0. The van der Waals surface area contributed by atoms with Gasteiger partial charge in [0.15, 0.2) is 0 Å². The molecular formula is C30H34N6O5. The fourth-order valence-corrected chi connectivity index (χ4v) is 5.43. The normalized spacial score (nSPS) is 18.0. The van der Waals surface area contributed by atoms with Crippen molar-refractivity contribution in [1.29, 1.82) is 0 Å². The third-order valence-corrected chi connectivity index (χ3v) is 7.60. The highest BCUT2D eigenvalue weighted by molar-refractivity contribution is 5.89. The molecule has 2 aliphatic rings. The maximum atomic E-state index is 14.0. The van der Waals surface area contributed by atoms with Crippen LogP contribution in [0.2, 0.25) is 0 Å². The quantitative estimate of drug-likeness (QED) is 0.316. The maximum Gasteiger partial charge on any atom is 0.247 e. The number of rotatable bonds is 10. The monoisotopic (exact) mass is 558 g/mol. The van der Waals surface area contributed by atoms with Crippen LogP contribution in [0, 0.1) is 0 Å². The molecule has 2 aromatic carbocycles. The van der Waals surface area contributed by atoms with Crippen molar-refractivity contribution in [3.63, 3.8) is 0 Å². The lowest BCUT2D eigenvalue weighted by Crippen LogP contribution is -2.46. The van der Waals surface area contributed by atoms with Crippen molar-refractivity contribution >= 4 is 28.5 Å². The predicted octanol–water partition coefficient (Wildman–Crippen LogP) is 2.93. The molecule has 2 saturated heterocycles. The second-order valence-corrected chi connectivity index (χ2v) is 10.3. The van der Waals surface area contributed by atoms with Crippen LogP contribution in [0.3, 0.4) is 0 Å². The summed E-state index contributed by atoms with van der Waals surface area (Å²) in [5, 5.41) is 11.5. The fraction of sp³-hybridized carbons (Fsp3) is 0.400. The van der Waals surface area contributed by atoms with Crippen LogP contribution in [0.5, 0.6) is 0 Å². The Morgan fingerprint density at radius 3 is 2.61 bits per heavy atom. The first-order valence-electron chi connectivity index (χ1n) is 14.1. The minimum atomic E-state index is -0.900. The standard InChI is InChI=1S/C30H34N6O5/c37-28(21-36-27-8-2-1-7-26(27)32-33-36)35(20-25-6-4-16-41-25)29(30(38)31-19-24-5-3-15-40-24)22-9-11-23(12-10-22)34-13-17-39-18-14-34/h1-2,4,6-12,16,24,29H,3,5,13-15,17-21H2,(H,31,38)/t24-,29-/m1/s1. The molecule has 0 saturated carbocycles. The third kappa shape index (κ3) is 6.26. The highest BCUT2D eigenvalue weighted by atomic mass is 16.5. The van der Waals surface area contributed by atoms with Crippen LogP contribution in [0.1, 0.15) is 30.2 Å². The second-order valence-electron chi connectivity index (χ2n) is 10.3. The number of para-hydroxylation sites is 1. The van der Waals surface area contributed by atoms with Gasteiger partial charge in [-0.05, 0) is 54.8 Å². The maximum absolute atomic E-state index is 14.0. The number of ether oxygens (including phenoxy) is 2. The number of carbonyl (C=O) groups excluding carboxylic acids is 2. The van der Waals surface area contributed by atoms with Gasteiger partial charge in [0.1, 0.15) is 23.9 Å². The van der Waals surface area contributed by atoms with Crippen LogP contribution >= 0.6 is 0 Å². The van der Waals surface area contributed by atoms with E-state index in [0.29, 0.717) is 43.2 Å². The molecule has 6 rings (SSSR count). The number of amides is 2. The Balaban J connectivity index is 1.32. The van der Waals surface area contributed by atoms with E-state index in [1.54, 1.807) is 28.0 Å². The first-order valence-corrected chi connectivity index (χ1v) is 14.1. The van der Waals surface area contributed by atoms with Crippen molar-refractivity contribution in [2.45, 2.75) is 38.1 Å². The zero-order chi connectivity index (χ0) is 28.0. The number of anilines is 1. The SMILES string of the molecule is O=C(NC[C@H]1CCCO1)[C@@H](c1ccc(N2CCOCC2)cc1)N(Cc1ccco1)C(=O)Cn1nnc2ccccc21. The molecule has 41 heavy (non-hydrogen) atoms. The number of fused-ring (bicyclic) bond motifs is 1. The molecule has 11 nitrogen and oxygen atoms in total. The topological polar surface area (TPSA) is 115 Å². The van der Waals surface area contributed by atoms with Crippen LogP contribution in [-0.4, -0.2) is 77.3 Å². The highest BCUT2D eigenvalue weighted by Gasteiger charge is 2.33. The second kappa shape index (κ2) is 12.5. The molecular weight excluding hydrogens is 524 g/mol. The third-order valence-electron chi connectivity index (χ3n) is 7.60. The molecule has 1 N–H and O–H groups in total. The largest absolute Gasteiger partial charge is 0.467 e. The lowest BCUT2D eigenvalue weighted by atomic mass is 10.0. The van der Waals surface area contributed by atoms with E-state index in [4.69, 9.17) is 13.9 Å². The summed E-state index contributed by atoms with van der Waals surface area (Å²) in [4.78, 5) is 31.8. The molecule has 11 heteroatoms. The molecule has 2 aliphatic heterocycles. The number of benzene rings is 2. The molecule has 2 fully saturated rings. The number of aromatic nitrogens is 3. The van der Waals surface area contributed by atoms with Crippen LogP contribution in [0.4, 0.5) is 5.69 Å². The Morgan fingerprint density at radius 1 is 1.02 bits per heavy atom. The lowest BCUT2D eigenvalue weighted by molar-refractivity contribution is -0.142. The lowest BCUT2D eigenvalue weighted by Gasteiger charge is -2.32. The number of furan rings is 1. The molecule has 0 aliphatic carbocycles. The number of hydrogen-bond acceptors (Lipinski definition) is 8. The Kier molecular flexibility index (Phi) is 8.24. The van der Waals surface area contributed by atoms with E-state index in [1.165, 1.54) is 0 Å². The van der Waals surface area contributed by atoms with Crippen LogP contribution in [0.15, 0.2) is 71.3 Å². The van der Waals surface area contributed by atoms with Gasteiger partial charge < -0.3 is 29.0 Å². The summed E-state index contributed by atoms with van der Waals surface area (Å²) >= 11 is 0. The minimum Gasteiger partial charge on any atom is -0.467 e. The zero-order valence-electron chi connectivity index (χ0n) is 22.9. The summed E-state index contributed by atoms with van der Waals surface area (Å²) in [6.45, 7) is 4.08. The van der Waals surface area contributed by atoms with Gasteiger partial charge in [-0.25, -0.2) is 4.68 Å². The summed E-state index contributed by atoms with van der Waals surface area (Å²) in [5.41, 5.74) is 3.19. The van der Waals surface area contributed by atoms with E-state index in [-0.39, 0.29) is 31.0 Å². The van der Waals surface area contributed by atoms with E-state index in [2.05, 4.69) is 20.5 Å². The Bertz CT molecular complexity index is 1440. The van der Waals surface area contributed by atoms with Gasteiger partial charge >= 0.3 is 0 Å². The fourth-order valence-electron chi connectivity index (χ4n) is 5.43. The molecule has 2 aromatic heterocycles. The number of nitrogens with zero attached hydrogens (tertiary/aromatic N) is 5. The van der Waals surface area contributed by atoms with Gasteiger partial charge in [-0.1, -0.05) is 29.5 Å². The molecule has 2 amide bonds. The molecule has 0 unspecified atom stereocenters. The first-order chi connectivity index (χ1) is 20.2. The smallest absolute Gasteiger partial charge is 0.247 e. The summed E-state index contributed by atoms with van der Waals surface area (Å²) < 4.78 is 18.4. The van der Waals surface area contributed by atoms with Crippen molar-refractivity contribution in [1.82, 2.24) is 25.2 Å². The van der Waals surface area contributed by atoms with E-state index in [9.17, 15) is 9.59 Å². The van der Waals surface area contributed by atoms with Crippen LogP contribution < -0.4 is 10.2 Å². The van der Waals surface area contributed by atoms with E-state index in [1.807, 2.05) is 48.5 Å². The van der Waals surface area contributed by atoms with Gasteiger partial charge in [0.25, 0.3) is 0 Å². The van der Waals surface area contributed by atoms with E-state index < -0.39 is 6.04 Å².